The molecule has 2 N–H and O–H groups in total. The zero-order valence-corrected chi connectivity index (χ0v) is 17.8. The van der Waals surface area contributed by atoms with Crippen LogP contribution in [-0.4, -0.2) is 10.5 Å². The van der Waals surface area contributed by atoms with Crippen molar-refractivity contribution in [3.8, 4) is 11.1 Å². The van der Waals surface area contributed by atoms with Crippen molar-refractivity contribution in [1.29, 1.82) is 0 Å². The van der Waals surface area contributed by atoms with Crippen LogP contribution in [0.3, 0.4) is 0 Å². The van der Waals surface area contributed by atoms with E-state index in [0.717, 1.165) is 59.8 Å². The molecule has 0 aliphatic rings. The van der Waals surface area contributed by atoms with Crippen molar-refractivity contribution >= 4 is 5.91 Å². The molecular formula is C25H28F2N2O. The second kappa shape index (κ2) is 9.24. The molecule has 3 aromatic rings. The first-order valence-corrected chi connectivity index (χ1v) is 10.4. The molecule has 1 aromatic heterocycles. The Morgan fingerprint density at radius 2 is 1.70 bits per heavy atom. The number of amides is 1. The maximum Gasteiger partial charge on any atom is 0.251 e. The van der Waals surface area contributed by atoms with E-state index in [1.165, 1.54) is 6.07 Å². The van der Waals surface area contributed by atoms with E-state index in [2.05, 4.69) is 6.92 Å². The summed E-state index contributed by atoms with van der Waals surface area (Å²) in [5, 5.41) is 0. The highest BCUT2D eigenvalue weighted by atomic mass is 19.2. The van der Waals surface area contributed by atoms with Gasteiger partial charge in [-0.2, -0.15) is 0 Å². The number of primary amides is 1. The number of halogens is 2. The van der Waals surface area contributed by atoms with Crippen LogP contribution in [0, 0.1) is 25.5 Å². The van der Waals surface area contributed by atoms with Gasteiger partial charge in [-0.15, -0.1) is 0 Å². The van der Waals surface area contributed by atoms with Crippen molar-refractivity contribution < 1.29 is 13.6 Å². The number of rotatable bonds is 8. The molecule has 3 rings (SSSR count). The van der Waals surface area contributed by atoms with Gasteiger partial charge in [0.2, 0.25) is 0 Å². The third-order valence-electron chi connectivity index (χ3n) is 5.56. The van der Waals surface area contributed by atoms with Crippen LogP contribution in [0.5, 0.6) is 0 Å². The molecule has 1 heterocycles. The predicted octanol–water partition coefficient (Wildman–Crippen LogP) is 5.93. The predicted molar refractivity (Wildman–Crippen MR) is 117 cm³/mol. The topological polar surface area (TPSA) is 48.0 Å². The van der Waals surface area contributed by atoms with Gasteiger partial charge in [-0.1, -0.05) is 55.7 Å². The van der Waals surface area contributed by atoms with Crippen LogP contribution in [0.1, 0.15) is 59.1 Å². The fourth-order valence-electron chi connectivity index (χ4n) is 3.97. The molecule has 0 unspecified atom stereocenters. The zero-order valence-electron chi connectivity index (χ0n) is 17.8. The van der Waals surface area contributed by atoms with Crippen molar-refractivity contribution in [1.82, 2.24) is 4.57 Å². The third kappa shape index (κ3) is 4.45. The molecule has 0 fully saturated rings. The minimum absolute atomic E-state index is 0.344. The number of aromatic nitrogens is 1. The second-order valence-electron chi connectivity index (χ2n) is 7.80. The van der Waals surface area contributed by atoms with Crippen LogP contribution in [0.2, 0.25) is 0 Å². The average molecular weight is 411 g/mol. The number of unbranched alkanes of at least 4 members (excludes halogenated alkanes) is 2. The first kappa shape index (κ1) is 21.8. The quantitative estimate of drug-likeness (QED) is 0.460. The maximum atomic E-state index is 13.8. The lowest BCUT2D eigenvalue weighted by Gasteiger charge is -2.14. The molecule has 0 bridgehead atoms. The van der Waals surface area contributed by atoms with Crippen molar-refractivity contribution in [3.05, 3.63) is 82.2 Å². The van der Waals surface area contributed by atoms with Gasteiger partial charge in [0.25, 0.3) is 5.91 Å². The SMILES string of the molecule is CCCCCc1c(-c2ccc(C)cc2)c(C(N)=O)c(C)n1Cc1ccc(F)c(F)c1. The number of aryl methyl sites for hydroxylation is 1. The molecule has 5 heteroatoms. The van der Waals surface area contributed by atoms with Gasteiger partial charge in [0.05, 0.1) is 5.56 Å². The number of hydrogen-bond acceptors (Lipinski definition) is 1. The average Bonchev–Trinajstić information content (AvgIpc) is 2.98. The van der Waals surface area contributed by atoms with Crippen molar-refractivity contribution in [2.45, 2.75) is 53.0 Å². The van der Waals surface area contributed by atoms with E-state index in [-0.39, 0.29) is 0 Å². The number of nitrogens with two attached hydrogens (primary N) is 1. The lowest BCUT2D eigenvalue weighted by atomic mass is 9.96. The molecule has 0 saturated carbocycles. The Bertz CT molecular complexity index is 1050. The van der Waals surface area contributed by atoms with Gasteiger partial charge < -0.3 is 10.3 Å². The Labute approximate surface area is 176 Å². The van der Waals surface area contributed by atoms with E-state index in [9.17, 15) is 13.6 Å². The summed E-state index contributed by atoms with van der Waals surface area (Å²) in [6.07, 6.45) is 3.88. The molecule has 0 aliphatic heterocycles. The van der Waals surface area contributed by atoms with Crippen LogP contribution in [0.15, 0.2) is 42.5 Å². The normalized spacial score (nSPS) is 11.1. The zero-order chi connectivity index (χ0) is 21.8. The van der Waals surface area contributed by atoms with E-state index in [4.69, 9.17) is 5.73 Å². The van der Waals surface area contributed by atoms with Crippen LogP contribution >= 0.6 is 0 Å². The Morgan fingerprint density at radius 1 is 1.00 bits per heavy atom. The highest BCUT2D eigenvalue weighted by molar-refractivity contribution is 6.02. The maximum absolute atomic E-state index is 13.8. The number of carbonyl (C=O) groups is 1. The van der Waals surface area contributed by atoms with Gasteiger partial charge in [0.1, 0.15) is 0 Å². The van der Waals surface area contributed by atoms with Crippen LogP contribution < -0.4 is 5.73 Å². The highest BCUT2D eigenvalue weighted by Gasteiger charge is 2.24. The molecule has 0 spiro atoms. The van der Waals surface area contributed by atoms with Gasteiger partial charge in [-0.05, 0) is 49.9 Å². The molecular weight excluding hydrogens is 382 g/mol. The van der Waals surface area contributed by atoms with E-state index < -0.39 is 17.5 Å². The third-order valence-corrected chi connectivity index (χ3v) is 5.56. The summed E-state index contributed by atoms with van der Waals surface area (Å²) in [4.78, 5) is 12.4. The fraction of sp³-hybridized carbons (Fsp3) is 0.320. The van der Waals surface area contributed by atoms with Gasteiger partial charge in [-0.25, -0.2) is 8.78 Å². The van der Waals surface area contributed by atoms with Gasteiger partial charge >= 0.3 is 0 Å². The molecule has 2 aromatic carbocycles. The molecule has 0 atom stereocenters. The standard InChI is InChI=1S/C25H28F2N2O/c1-4-5-6-7-22-24(19-11-8-16(2)9-12-19)23(25(28)30)17(3)29(22)15-18-10-13-20(26)21(27)14-18/h8-14H,4-7,15H2,1-3H3,(H2,28,30). The molecule has 1 amide bonds. The van der Waals surface area contributed by atoms with Crippen molar-refractivity contribution in [2.75, 3.05) is 0 Å². The van der Waals surface area contributed by atoms with Crippen LogP contribution in [-0.2, 0) is 13.0 Å². The number of nitrogens with zero attached hydrogens (tertiary/aromatic N) is 1. The summed E-state index contributed by atoms with van der Waals surface area (Å²) >= 11 is 0. The summed E-state index contributed by atoms with van der Waals surface area (Å²) in [7, 11) is 0. The Hall–Kier alpha value is -2.95. The Balaban J connectivity index is 2.18. The lowest BCUT2D eigenvalue weighted by molar-refractivity contribution is 0.1000. The van der Waals surface area contributed by atoms with Gasteiger partial charge in [0.15, 0.2) is 11.6 Å². The van der Waals surface area contributed by atoms with Crippen molar-refractivity contribution in [2.24, 2.45) is 5.73 Å². The number of benzene rings is 2. The highest BCUT2D eigenvalue weighted by Crippen LogP contribution is 2.34. The summed E-state index contributed by atoms with van der Waals surface area (Å²) in [6.45, 7) is 6.36. The molecule has 0 radical (unpaired) electrons. The van der Waals surface area contributed by atoms with E-state index in [1.54, 1.807) is 6.07 Å². The molecule has 30 heavy (non-hydrogen) atoms. The Morgan fingerprint density at radius 3 is 2.30 bits per heavy atom. The van der Waals surface area contributed by atoms with E-state index in [0.29, 0.717) is 17.7 Å². The smallest absolute Gasteiger partial charge is 0.251 e. The van der Waals surface area contributed by atoms with Crippen molar-refractivity contribution in [3.63, 3.8) is 0 Å². The first-order chi connectivity index (χ1) is 14.3. The fourth-order valence-corrected chi connectivity index (χ4v) is 3.97. The monoisotopic (exact) mass is 410 g/mol. The summed E-state index contributed by atoms with van der Waals surface area (Å²) in [5.41, 5.74) is 11.6. The minimum Gasteiger partial charge on any atom is -0.366 e. The molecule has 158 valence electrons. The number of hydrogen-bond donors (Lipinski definition) is 1. The largest absolute Gasteiger partial charge is 0.366 e. The molecule has 3 nitrogen and oxygen atoms in total. The van der Waals surface area contributed by atoms with Gasteiger partial charge in [0, 0.05) is 23.5 Å². The second-order valence-corrected chi connectivity index (χ2v) is 7.80. The lowest BCUT2D eigenvalue weighted by Crippen LogP contribution is -2.13. The summed E-state index contributed by atoms with van der Waals surface area (Å²) in [6, 6.07) is 11.9. The molecule has 0 aliphatic carbocycles. The minimum atomic E-state index is -0.876. The van der Waals surface area contributed by atoms with E-state index >= 15 is 0 Å². The first-order valence-electron chi connectivity index (χ1n) is 10.4. The van der Waals surface area contributed by atoms with Crippen LogP contribution in [0.4, 0.5) is 8.78 Å². The number of carbonyl (C=O) groups excluding carboxylic acids is 1. The Kier molecular flexibility index (Phi) is 6.70. The van der Waals surface area contributed by atoms with Crippen LogP contribution in [0.25, 0.3) is 11.1 Å². The summed E-state index contributed by atoms with van der Waals surface area (Å²) < 4.78 is 29.2. The summed E-state index contributed by atoms with van der Waals surface area (Å²) in [5.74, 6) is -2.23. The van der Waals surface area contributed by atoms with E-state index in [1.807, 2.05) is 42.7 Å². The van der Waals surface area contributed by atoms with Gasteiger partial charge in [-0.3, -0.25) is 4.79 Å². The molecule has 0 saturated heterocycles.